The van der Waals surface area contributed by atoms with Crippen LogP contribution in [0.4, 0.5) is 5.82 Å². The summed E-state index contributed by atoms with van der Waals surface area (Å²) in [4.78, 5) is 8.47. The Morgan fingerprint density at radius 3 is 2.84 bits per heavy atom. The highest BCUT2D eigenvalue weighted by Crippen LogP contribution is 2.18. The monoisotopic (exact) mass is 257 g/mol. The maximum atomic E-state index is 5.32. The van der Waals surface area contributed by atoms with E-state index in [9.17, 15) is 0 Å². The van der Waals surface area contributed by atoms with E-state index in [0.717, 1.165) is 35.7 Å². The van der Waals surface area contributed by atoms with Crippen molar-refractivity contribution in [2.45, 2.75) is 26.3 Å². The smallest absolute Gasteiger partial charge is 0.129 e. The zero-order valence-electron chi connectivity index (χ0n) is 11.4. The summed E-state index contributed by atoms with van der Waals surface area (Å²) >= 11 is 0. The van der Waals surface area contributed by atoms with Crippen LogP contribution in [0.2, 0.25) is 0 Å². The predicted octanol–water partition coefficient (Wildman–Crippen LogP) is 3.05. The number of ether oxygens (including phenoxy) is 1. The zero-order valence-corrected chi connectivity index (χ0v) is 11.4. The van der Waals surface area contributed by atoms with Gasteiger partial charge in [0.05, 0.1) is 7.11 Å². The van der Waals surface area contributed by atoms with Crippen molar-refractivity contribution in [3.63, 3.8) is 0 Å². The van der Waals surface area contributed by atoms with Crippen molar-refractivity contribution >= 4 is 5.82 Å². The van der Waals surface area contributed by atoms with E-state index in [-0.39, 0.29) is 0 Å². The topological polar surface area (TPSA) is 47.0 Å². The van der Waals surface area contributed by atoms with Gasteiger partial charge in [0.2, 0.25) is 0 Å². The molecule has 0 saturated heterocycles. The van der Waals surface area contributed by atoms with Crippen LogP contribution >= 0.6 is 0 Å². The molecule has 0 aliphatic carbocycles. The molecule has 100 valence electrons. The first-order valence-electron chi connectivity index (χ1n) is 6.50. The lowest BCUT2D eigenvalue weighted by Gasteiger charge is -2.10. The molecule has 0 aliphatic rings. The zero-order chi connectivity index (χ0) is 13.5. The second-order valence-corrected chi connectivity index (χ2v) is 4.31. The van der Waals surface area contributed by atoms with Crippen LogP contribution in [0, 0.1) is 0 Å². The Kier molecular flexibility index (Phi) is 4.72. The number of hydrogen-bond donors (Lipinski definition) is 1. The van der Waals surface area contributed by atoms with Crippen LogP contribution < -0.4 is 10.1 Å². The van der Waals surface area contributed by atoms with Gasteiger partial charge >= 0.3 is 0 Å². The maximum absolute atomic E-state index is 5.32. The molecule has 1 aromatic heterocycles. The van der Waals surface area contributed by atoms with Crippen molar-refractivity contribution in [1.82, 2.24) is 9.97 Å². The van der Waals surface area contributed by atoms with Crippen molar-refractivity contribution < 1.29 is 4.74 Å². The van der Waals surface area contributed by atoms with Gasteiger partial charge in [-0.3, -0.25) is 0 Å². The number of aromatic nitrogens is 2. The van der Waals surface area contributed by atoms with Crippen molar-refractivity contribution in [1.29, 1.82) is 0 Å². The molecule has 0 atom stereocenters. The molecule has 4 heteroatoms. The van der Waals surface area contributed by atoms with Crippen LogP contribution in [-0.4, -0.2) is 17.1 Å². The van der Waals surface area contributed by atoms with Gasteiger partial charge in [0.1, 0.15) is 17.9 Å². The molecule has 0 fully saturated rings. The summed E-state index contributed by atoms with van der Waals surface area (Å²) in [6, 6.07) is 9.97. The van der Waals surface area contributed by atoms with Crippen LogP contribution in [0.5, 0.6) is 5.75 Å². The van der Waals surface area contributed by atoms with Crippen molar-refractivity contribution in [2.75, 3.05) is 12.4 Å². The van der Waals surface area contributed by atoms with E-state index in [1.807, 2.05) is 30.3 Å². The number of para-hydroxylation sites is 1. The van der Waals surface area contributed by atoms with E-state index >= 15 is 0 Å². The fraction of sp³-hybridized carbons (Fsp3) is 0.333. The molecule has 0 spiro atoms. The molecule has 1 aromatic carbocycles. The minimum Gasteiger partial charge on any atom is -0.496 e. The van der Waals surface area contributed by atoms with Gasteiger partial charge in [-0.1, -0.05) is 31.5 Å². The third-order valence-electron chi connectivity index (χ3n) is 2.88. The molecule has 1 N–H and O–H groups in total. The number of rotatable bonds is 6. The maximum Gasteiger partial charge on any atom is 0.129 e. The highest BCUT2D eigenvalue weighted by Gasteiger charge is 2.02. The SMILES string of the molecule is CCCc1cc(NCc2ccccc2OC)ncn1. The lowest BCUT2D eigenvalue weighted by Crippen LogP contribution is -2.04. The Bertz CT molecular complexity index is 528. The molecule has 0 saturated carbocycles. The van der Waals surface area contributed by atoms with Crippen LogP contribution in [0.25, 0.3) is 0 Å². The lowest BCUT2D eigenvalue weighted by atomic mass is 10.2. The molecule has 19 heavy (non-hydrogen) atoms. The Labute approximate surface area is 113 Å². The molecule has 2 rings (SSSR count). The molecular formula is C15H19N3O. The second-order valence-electron chi connectivity index (χ2n) is 4.31. The van der Waals surface area contributed by atoms with Crippen molar-refractivity contribution in [3.05, 3.63) is 47.9 Å². The summed E-state index contributed by atoms with van der Waals surface area (Å²) in [5, 5.41) is 3.30. The lowest BCUT2D eigenvalue weighted by molar-refractivity contribution is 0.410. The minimum absolute atomic E-state index is 0.687. The van der Waals surface area contributed by atoms with E-state index in [4.69, 9.17) is 4.74 Å². The van der Waals surface area contributed by atoms with Gasteiger partial charge in [-0.05, 0) is 12.5 Å². The molecule has 4 nitrogen and oxygen atoms in total. The molecule has 0 radical (unpaired) electrons. The van der Waals surface area contributed by atoms with E-state index in [1.165, 1.54) is 0 Å². The summed E-state index contributed by atoms with van der Waals surface area (Å²) in [6.07, 6.45) is 3.67. The number of nitrogens with zero attached hydrogens (tertiary/aromatic N) is 2. The molecular weight excluding hydrogens is 238 g/mol. The Morgan fingerprint density at radius 1 is 1.21 bits per heavy atom. The van der Waals surface area contributed by atoms with Gasteiger partial charge < -0.3 is 10.1 Å². The first kappa shape index (κ1) is 13.3. The summed E-state index contributed by atoms with van der Waals surface area (Å²) in [6.45, 7) is 2.83. The average molecular weight is 257 g/mol. The fourth-order valence-corrected chi connectivity index (χ4v) is 1.92. The van der Waals surface area contributed by atoms with Gasteiger partial charge in [0, 0.05) is 23.9 Å². The predicted molar refractivity (Wildman–Crippen MR) is 76.3 cm³/mol. The number of methoxy groups -OCH3 is 1. The first-order chi connectivity index (χ1) is 9.33. The normalized spacial score (nSPS) is 10.2. The Balaban J connectivity index is 2.03. The van der Waals surface area contributed by atoms with Gasteiger partial charge in [0.25, 0.3) is 0 Å². The van der Waals surface area contributed by atoms with Crippen LogP contribution in [0.3, 0.4) is 0 Å². The third kappa shape index (κ3) is 3.68. The molecule has 0 amide bonds. The molecule has 0 aliphatic heterocycles. The van der Waals surface area contributed by atoms with Crippen LogP contribution in [-0.2, 0) is 13.0 Å². The summed E-state index contributed by atoms with van der Waals surface area (Å²) in [5.41, 5.74) is 2.18. The Hall–Kier alpha value is -2.10. The highest BCUT2D eigenvalue weighted by atomic mass is 16.5. The standard InChI is InChI=1S/C15H19N3O/c1-3-6-13-9-15(18-11-17-13)16-10-12-7-4-5-8-14(12)19-2/h4-5,7-9,11H,3,6,10H2,1-2H3,(H,16,17,18). The number of benzene rings is 1. The number of nitrogens with one attached hydrogen (secondary N) is 1. The van der Waals surface area contributed by atoms with Gasteiger partial charge in [-0.25, -0.2) is 9.97 Å². The fourth-order valence-electron chi connectivity index (χ4n) is 1.92. The number of aryl methyl sites for hydroxylation is 1. The van der Waals surface area contributed by atoms with Gasteiger partial charge in [-0.15, -0.1) is 0 Å². The van der Waals surface area contributed by atoms with Crippen molar-refractivity contribution in [3.8, 4) is 5.75 Å². The molecule has 0 unspecified atom stereocenters. The van der Waals surface area contributed by atoms with Gasteiger partial charge in [-0.2, -0.15) is 0 Å². The molecule has 1 heterocycles. The summed E-state index contributed by atoms with van der Waals surface area (Å²) in [7, 11) is 1.68. The van der Waals surface area contributed by atoms with E-state index in [1.54, 1.807) is 13.4 Å². The van der Waals surface area contributed by atoms with Crippen LogP contribution in [0.15, 0.2) is 36.7 Å². The minimum atomic E-state index is 0.687. The van der Waals surface area contributed by atoms with Crippen molar-refractivity contribution in [2.24, 2.45) is 0 Å². The Morgan fingerprint density at radius 2 is 2.05 bits per heavy atom. The first-order valence-corrected chi connectivity index (χ1v) is 6.50. The number of anilines is 1. The quantitative estimate of drug-likeness (QED) is 0.864. The van der Waals surface area contributed by atoms with E-state index in [2.05, 4.69) is 22.2 Å². The molecule has 0 bridgehead atoms. The summed E-state index contributed by atoms with van der Waals surface area (Å²) < 4.78 is 5.32. The summed E-state index contributed by atoms with van der Waals surface area (Å²) in [5.74, 6) is 1.74. The highest BCUT2D eigenvalue weighted by molar-refractivity contribution is 5.40. The number of hydrogen-bond acceptors (Lipinski definition) is 4. The largest absolute Gasteiger partial charge is 0.496 e. The van der Waals surface area contributed by atoms with Gasteiger partial charge in [0.15, 0.2) is 0 Å². The molecule has 2 aromatic rings. The van der Waals surface area contributed by atoms with E-state index < -0.39 is 0 Å². The second kappa shape index (κ2) is 6.73. The third-order valence-corrected chi connectivity index (χ3v) is 2.88. The van der Waals surface area contributed by atoms with E-state index in [0.29, 0.717) is 6.54 Å². The van der Waals surface area contributed by atoms with Crippen LogP contribution in [0.1, 0.15) is 24.6 Å². The average Bonchev–Trinajstić information content (AvgIpc) is 2.46.